The van der Waals surface area contributed by atoms with E-state index in [1.54, 1.807) is 27.7 Å². The van der Waals surface area contributed by atoms with Gasteiger partial charge in [-0.1, -0.05) is 0 Å². The summed E-state index contributed by atoms with van der Waals surface area (Å²) in [5.74, 6) is -0.265. The summed E-state index contributed by atoms with van der Waals surface area (Å²) >= 11 is 0. The third-order valence-corrected chi connectivity index (χ3v) is 3.85. The van der Waals surface area contributed by atoms with Crippen molar-refractivity contribution in [1.82, 2.24) is 4.90 Å². The highest BCUT2D eigenvalue weighted by Gasteiger charge is 2.56. The maximum atomic E-state index is 12.4. The molecule has 2 fully saturated rings. The number of nitrogens with zero attached hydrogens (tertiary/aromatic N) is 1. The highest BCUT2D eigenvalue weighted by Crippen LogP contribution is 2.43. The topological polar surface area (TPSA) is 81.9 Å². The molecular weight excluding hydrogens is 260 g/mol. The Morgan fingerprint density at radius 2 is 1.95 bits per heavy atom. The number of hydrogen-bond acceptors (Lipinski definition) is 5. The second-order valence-corrected chi connectivity index (χ2v) is 6.55. The van der Waals surface area contributed by atoms with E-state index in [9.17, 15) is 9.59 Å². The summed E-state index contributed by atoms with van der Waals surface area (Å²) in [5.41, 5.74) is 5.45. The van der Waals surface area contributed by atoms with E-state index >= 15 is 0 Å². The molecule has 1 saturated heterocycles. The van der Waals surface area contributed by atoms with Gasteiger partial charge < -0.3 is 15.2 Å². The van der Waals surface area contributed by atoms with E-state index in [4.69, 9.17) is 15.2 Å². The van der Waals surface area contributed by atoms with Crippen LogP contribution in [0.4, 0.5) is 4.79 Å². The van der Waals surface area contributed by atoms with Crippen LogP contribution in [0.25, 0.3) is 0 Å². The lowest BCUT2D eigenvalue weighted by molar-refractivity contribution is -0.151. The molecule has 0 spiro atoms. The fourth-order valence-corrected chi connectivity index (χ4v) is 3.20. The van der Waals surface area contributed by atoms with Crippen molar-refractivity contribution in [3.8, 4) is 0 Å². The van der Waals surface area contributed by atoms with Gasteiger partial charge in [-0.2, -0.15) is 0 Å². The van der Waals surface area contributed by atoms with E-state index in [2.05, 4.69) is 0 Å². The average molecular weight is 284 g/mol. The Hall–Kier alpha value is -1.30. The summed E-state index contributed by atoms with van der Waals surface area (Å²) in [5, 5.41) is 0. The molecule has 0 aromatic heterocycles. The minimum absolute atomic E-state index is 0.0848. The number of amides is 1. The normalized spacial score (nSPS) is 32.4. The molecule has 1 saturated carbocycles. The molecule has 1 amide bonds. The molecule has 2 bridgehead atoms. The van der Waals surface area contributed by atoms with Gasteiger partial charge in [0.1, 0.15) is 11.6 Å². The zero-order valence-electron chi connectivity index (χ0n) is 12.6. The Labute approximate surface area is 119 Å². The van der Waals surface area contributed by atoms with Gasteiger partial charge in [0.15, 0.2) is 0 Å². The van der Waals surface area contributed by atoms with Crippen LogP contribution in [0, 0.1) is 5.92 Å². The number of rotatable bonds is 2. The van der Waals surface area contributed by atoms with Gasteiger partial charge >= 0.3 is 12.1 Å². The number of piperidine rings is 1. The molecule has 6 nitrogen and oxygen atoms in total. The van der Waals surface area contributed by atoms with Gasteiger partial charge in [0.05, 0.1) is 12.6 Å². The Kier molecular flexibility index (Phi) is 3.95. The van der Waals surface area contributed by atoms with Gasteiger partial charge in [0.25, 0.3) is 0 Å². The van der Waals surface area contributed by atoms with Gasteiger partial charge in [-0.3, -0.25) is 4.90 Å². The van der Waals surface area contributed by atoms with Gasteiger partial charge in [0.2, 0.25) is 0 Å². The smallest absolute Gasteiger partial charge is 0.411 e. The van der Waals surface area contributed by atoms with Crippen molar-refractivity contribution in [1.29, 1.82) is 0 Å². The maximum Gasteiger partial charge on any atom is 0.411 e. The lowest BCUT2D eigenvalue weighted by Crippen LogP contribution is -2.57. The first kappa shape index (κ1) is 15.1. The summed E-state index contributed by atoms with van der Waals surface area (Å²) in [6.07, 6.45) is 1.04. The fourth-order valence-electron chi connectivity index (χ4n) is 3.20. The van der Waals surface area contributed by atoms with E-state index in [0.717, 1.165) is 12.8 Å². The molecule has 20 heavy (non-hydrogen) atoms. The number of esters is 1. The summed E-state index contributed by atoms with van der Waals surface area (Å²) in [6.45, 7) is 7.48. The zero-order chi connectivity index (χ0) is 15.1. The second-order valence-electron chi connectivity index (χ2n) is 6.55. The van der Waals surface area contributed by atoms with Crippen molar-refractivity contribution >= 4 is 12.1 Å². The van der Waals surface area contributed by atoms with Crippen LogP contribution in [0.2, 0.25) is 0 Å². The maximum absolute atomic E-state index is 12.4. The van der Waals surface area contributed by atoms with Gasteiger partial charge in [-0.25, -0.2) is 9.59 Å². The third kappa shape index (κ3) is 2.75. The van der Waals surface area contributed by atoms with Crippen LogP contribution in [0.3, 0.4) is 0 Å². The number of hydrogen-bond donors (Lipinski definition) is 1. The van der Waals surface area contributed by atoms with E-state index in [0.29, 0.717) is 6.61 Å². The van der Waals surface area contributed by atoms with Crippen LogP contribution in [0.5, 0.6) is 0 Å². The standard InChI is InChI=1S/C14H24N2O4/c1-5-19-12(17)11-8-6-9(15)10(7-8)16(11)13(18)20-14(2,3)4/h8-11H,5-7,15H2,1-4H3/t8-,9+,10-,11-/m0/s1. The van der Waals surface area contributed by atoms with E-state index in [1.807, 2.05) is 0 Å². The van der Waals surface area contributed by atoms with Crippen LogP contribution < -0.4 is 5.73 Å². The highest BCUT2D eigenvalue weighted by molar-refractivity contribution is 5.83. The number of fused-ring (bicyclic) bond motifs is 2. The number of likely N-dealkylation sites (tertiary alicyclic amines) is 1. The van der Waals surface area contributed by atoms with Crippen molar-refractivity contribution in [2.45, 2.75) is 64.3 Å². The first-order valence-electron chi connectivity index (χ1n) is 7.18. The summed E-state index contributed by atoms with van der Waals surface area (Å²) in [7, 11) is 0. The van der Waals surface area contributed by atoms with Crippen LogP contribution in [0.1, 0.15) is 40.5 Å². The molecule has 1 heterocycles. The molecule has 4 atom stereocenters. The second kappa shape index (κ2) is 5.24. The third-order valence-electron chi connectivity index (χ3n) is 3.85. The molecule has 2 N–H and O–H groups in total. The molecule has 1 aliphatic heterocycles. The molecule has 1 aliphatic carbocycles. The number of ether oxygens (including phenoxy) is 2. The predicted octanol–water partition coefficient (Wildman–Crippen LogP) is 1.27. The quantitative estimate of drug-likeness (QED) is 0.772. The Morgan fingerprint density at radius 1 is 1.30 bits per heavy atom. The minimum Gasteiger partial charge on any atom is -0.464 e. The summed E-state index contributed by atoms with van der Waals surface area (Å²) in [6, 6.07) is -0.753. The summed E-state index contributed by atoms with van der Waals surface area (Å²) < 4.78 is 10.5. The Balaban J connectivity index is 2.18. The lowest BCUT2D eigenvalue weighted by atomic mass is 9.97. The molecule has 2 rings (SSSR count). The zero-order valence-corrected chi connectivity index (χ0v) is 12.6. The van der Waals surface area contributed by atoms with Crippen molar-refractivity contribution in [2.24, 2.45) is 11.7 Å². The van der Waals surface area contributed by atoms with Crippen molar-refractivity contribution in [3.05, 3.63) is 0 Å². The van der Waals surface area contributed by atoms with Gasteiger partial charge in [-0.05, 0) is 46.5 Å². The monoisotopic (exact) mass is 284 g/mol. The SMILES string of the molecule is CCOC(=O)[C@@H]1[C@H]2C[C@@H](N)[C@H](C2)N1C(=O)OC(C)(C)C. The molecule has 0 aromatic rings. The highest BCUT2D eigenvalue weighted by atomic mass is 16.6. The van der Waals surface area contributed by atoms with E-state index in [1.165, 1.54) is 4.90 Å². The minimum atomic E-state index is -0.595. The molecule has 6 heteroatoms. The Bertz CT molecular complexity index is 404. The van der Waals surface area contributed by atoms with Crippen molar-refractivity contribution in [3.63, 3.8) is 0 Å². The molecular formula is C14H24N2O4. The van der Waals surface area contributed by atoms with Crippen molar-refractivity contribution < 1.29 is 19.1 Å². The van der Waals surface area contributed by atoms with Crippen LogP contribution in [-0.4, -0.2) is 47.3 Å². The fraction of sp³-hybridized carbons (Fsp3) is 0.857. The number of carbonyl (C=O) groups excluding carboxylic acids is 2. The predicted molar refractivity (Wildman–Crippen MR) is 73.0 cm³/mol. The molecule has 2 aliphatic rings. The van der Waals surface area contributed by atoms with E-state index < -0.39 is 17.7 Å². The number of carbonyl (C=O) groups is 2. The van der Waals surface area contributed by atoms with Crippen LogP contribution in [0.15, 0.2) is 0 Å². The molecule has 0 radical (unpaired) electrons. The van der Waals surface area contributed by atoms with Crippen molar-refractivity contribution in [2.75, 3.05) is 6.61 Å². The average Bonchev–Trinajstić information content (AvgIpc) is 2.82. The first-order chi connectivity index (χ1) is 9.24. The van der Waals surface area contributed by atoms with Gasteiger partial charge in [0, 0.05) is 6.04 Å². The van der Waals surface area contributed by atoms with Crippen LogP contribution in [-0.2, 0) is 14.3 Å². The summed E-state index contributed by atoms with van der Waals surface area (Å²) in [4.78, 5) is 26.0. The Morgan fingerprint density at radius 3 is 2.50 bits per heavy atom. The number of nitrogens with two attached hydrogens (primary N) is 1. The molecule has 114 valence electrons. The molecule has 0 aromatic carbocycles. The first-order valence-corrected chi connectivity index (χ1v) is 7.18. The van der Waals surface area contributed by atoms with Gasteiger partial charge in [-0.15, -0.1) is 0 Å². The molecule has 0 unspecified atom stereocenters. The lowest BCUT2D eigenvalue weighted by Gasteiger charge is -2.37. The van der Waals surface area contributed by atoms with E-state index in [-0.39, 0.29) is 24.0 Å². The largest absolute Gasteiger partial charge is 0.464 e. The van der Waals surface area contributed by atoms with Crippen LogP contribution >= 0.6 is 0 Å².